The Balaban J connectivity index is 2.89. The smallest absolute Gasteiger partial charge is 0.303 e. The molecule has 0 bridgehead atoms. The number of aliphatic carboxylic acids is 1. The average Bonchev–Trinajstić information content (AvgIpc) is 2.20. The SMILES string of the molecule is CCCNCCCCCCCCC(=O)O. The van der Waals surface area contributed by atoms with Gasteiger partial charge in [-0.25, -0.2) is 0 Å². The molecule has 0 aromatic heterocycles. The summed E-state index contributed by atoms with van der Waals surface area (Å²) < 4.78 is 0. The van der Waals surface area contributed by atoms with Crippen molar-refractivity contribution < 1.29 is 9.90 Å². The lowest BCUT2D eigenvalue weighted by Crippen LogP contribution is -2.15. The third-order valence-corrected chi connectivity index (χ3v) is 2.42. The molecule has 0 aliphatic heterocycles. The maximum atomic E-state index is 10.2. The van der Waals surface area contributed by atoms with Gasteiger partial charge in [-0.2, -0.15) is 0 Å². The van der Waals surface area contributed by atoms with Crippen molar-refractivity contribution in [3.8, 4) is 0 Å². The topological polar surface area (TPSA) is 49.3 Å². The Morgan fingerprint density at radius 2 is 1.60 bits per heavy atom. The third-order valence-electron chi connectivity index (χ3n) is 2.42. The van der Waals surface area contributed by atoms with Crippen molar-refractivity contribution in [3.05, 3.63) is 0 Å². The van der Waals surface area contributed by atoms with Gasteiger partial charge in [-0.3, -0.25) is 4.79 Å². The van der Waals surface area contributed by atoms with E-state index in [1.54, 1.807) is 0 Å². The molecular weight excluding hydrogens is 190 g/mol. The molecule has 0 aliphatic carbocycles. The molecule has 0 aromatic carbocycles. The molecule has 0 aromatic rings. The van der Waals surface area contributed by atoms with Gasteiger partial charge >= 0.3 is 5.97 Å². The van der Waals surface area contributed by atoms with E-state index < -0.39 is 5.97 Å². The van der Waals surface area contributed by atoms with Gasteiger partial charge < -0.3 is 10.4 Å². The molecule has 0 rings (SSSR count). The van der Waals surface area contributed by atoms with Gasteiger partial charge in [0.1, 0.15) is 0 Å². The summed E-state index contributed by atoms with van der Waals surface area (Å²) >= 11 is 0. The van der Waals surface area contributed by atoms with Crippen molar-refractivity contribution >= 4 is 5.97 Å². The van der Waals surface area contributed by atoms with Crippen LogP contribution in [0.15, 0.2) is 0 Å². The summed E-state index contributed by atoms with van der Waals surface area (Å²) in [5, 5.41) is 11.8. The first-order valence-corrected chi connectivity index (χ1v) is 6.20. The van der Waals surface area contributed by atoms with Crippen molar-refractivity contribution in [2.75, 3.05) is 13.1 Å². The first-order valence-electron chi connectivity index (χ1n) is 6.20. The molecule has 0 fully saturated rings. The molecule has 0 saturated heterocycles. The standard InChI is InChI=1S/C12H25NO2/c1-2-10-13-11-8-6-4-3-5-7-9-12(14)15/h13H,2-11H2,1H3,(H,14,15). The van der Waals surface area contributed by atoms with Crippen molar-refractivity contribution in [1.82, 2.24) is 5.32 Å². The molecule has 2 N–H and O–H groups in total. The minimum atomic E-state index is -0.668. The second-order valence-corrected chi connectivity index (χ2v) is 4.02. The maximum absolute atomic E-state index is 10.2. The summed E-state index contributed by atoms with van der Waals surface area (Å²) in [7, 11) is 0. The van der Waals surface area contributed by atoms with Crippen LogP contribution in [0, 0.1) is 0 Å². The molecule has 0 heterocycles. The summed E-state index contributed by atoms with van der Waals surface area (Å²) in [5.41, 5.74) is 0. The van der Waals surface area contributed by atoms with E-state index in [-0.39, 0.29) is 0 Å². The summed E-state index contributed by atoms with van der Waals surface area (Å²) in [4.78, 5) is 10.2. The van der Waals surface area contributed by atoms with Crippen molar-refractivity contribution in [3.63, 3.8) is 0 Å². The van der Waals surface area contributed by atoms with Crippen LogP contribution in [-0.4, -0.2) is 24.2 Å². The molecule has 0 saturated carbocycles. The Morgan fingerprint density at radius 1 is 1.00 bits per heavy atom. The molecule has 0 radical (unpaired) electrons. The Morgan fingerprint density at radius 3 is 2.20 bits per heavy atom. The molecule has 3 nitrogen and oxygen atoms in total. The first kappa shape index (κ1) is 14.4. The quantitative estimate of drug-likeness (QED) is 0.521. The summed E-state index contributed by atoms with van der Waals surface area (Å²) in [6.45, 7) is 4.43. The van der Waals surface area contributed by atoms with Gasteiger partial charge in [0.05, 0.1) is 0 Å². The molecule has 3 heteroatoms. The number of carboxylic acid groups (broad SMARTS) is 1. The molecule has 0 amide bonds. The number of unbranched alkanes of at least 4 members (excludes halogenated alkanes) is 5. The first-order chi connectivity index (χ1) is 7.27. The van der Waals surface area contributed by atoms with E-state index in [0.29, 0.717) is 6.42 Å². The monoisotopic (exact) mass is 215 g/mol. The summed E-state index contributed by atoms with van der Waals surface area (Å²) in [5.74, 6) is -0.668. The van der Waals surface area contributed by atoms with Crippen molar-refractivity contribution in [1.29, 1.82) is 0 Å². The summed E-state index contributed by atoms with van der Waals surface area (Å²) in [6.07, 6.45) is 8.38. The maximum Gasteiger partial charge on any atom is 0.303 e. The van der Waals surface area contributed by atoms with Gasteiger partial charge in [0.2, 0.25) is 0 Å². The average molecular weight is 215 g/mol. The molecule has 0 atom stereocenters. The van der Waals surface area contributed by atoms with Crippen LogP contribution in [0.3, 0.4) is 0 Å². The molecule has 15 heavy (non-hydrogen) atoms. The Labute approximate surface area is 93.3 Å². The molecule has 90 valence electrons. The third kappa shape index (κ3) is 13.4. The van der Waals surface area contributed by atoms with Gasteiger partial charge in [-0.05, 0) is 32.4 Å². The predicted molar refractivity (Wildman–Crippen MR) is 63.1 cm³/mol. The lowest BCUT2D eigenvalue weighted by Gasteiger charge is -2.02. The second-order valence-electron chi connectivity index (χ2n) is 4.02. The van der Waals surface area contributed by atoms with Crippen LogP contribution in [0.25, 0.3) is 0 Å². The Hall–Kier alpha value is -0.570. The number of hydrogen-bond acceptors (Lipinski definition) is 2. The van der Waals surface area contributed by atoms with Crippen LogP contribution in [0.1, 0.15) is 58.3 Å². The Bertz CT molecular complexity index is 149. The molecule has 0 aliphatic rings. The normalized spacial score (nSPS) is 10.5. The highest BCUT2D eigenvalue weighted by Gasteiger charge is 1.96. The van der Waals surface area contributed by atoms with Gasteiger partial charge in [-0.15, -0.1) is 0 Å². The zero-order valence-electron chi connectivity index (χ0n) is 9.93. The van der Waals surface area contributed by atoms with E-state index in [1.165, 1.54) is 32.1 Å². The van der Waals surface area contributed by atoms with E-state index in [4.69, 9.17) is 5.11 Å². The van der Waals surface area contributed by atoms with Crippen LogP contribution < -0.4 is 5.32 Å². The Kier molecular flexibility index (Phi) is 11.1. The fourth-order valence-corrected chi connectivity index (χ4v) is 1.54. The van der Waals surface area contributed by atoms with Crippen molar-refractivity contribution in [2.24, 2.45) is 0 Å². The van der Waals surface area contributed by atoms with Gasteiger partial charge in [0, 0.05) is 6.42 Å². The van der Waals surface area contributed by atoms with E-state index in [2.05, 4.69) is 12.2 Å². The van der Waals surface area contributed by atoms with Crippen molar-refractivity contribution in [2.45, 2.75) is 58.3 Å². The van der Waals surface area contributed by atoms with E-state index in [9.17, 15) is 4.79 Å². The summed E-state index contributed by atoms with van der Waals surface area (Å²) in [6, 6.07) is 0. The van der Waals surface area contributed by atoms with Gasteiger partial charge in [0.25, 0.3) is 0 Å². The van der Waals surface area contributed by atoms with Gasteiger partial charge in [0.15, 0.2) is 0 Å². The van der Waals surface area contributed by atoms with Crippen LogP contribution >= 0.6 is 0 Å². The fourth-order valence-electron chi connectivity index (χ4n) is 1.54. The fraction of sp³-hybridized carbons (Fsp3) is 0.917. The number of rotatable bonds is 11. The van der Waals surface area contributed by atoms with E-state index in [0.717, 1.165) is 25.9 Å². The van der Waals surface area contributed by atoms with Gasteiger partial charge in [-0.1, -0.05) is 32.6 Å². The predicted octanol–water partition coefficient (Wildman–Crippen LogP) is 2.80. The lowest BCUT2D eigenvalue weighted by atomic mass is 10.1. The second kappa shape index (κ2) is 11.5. The molecule has 0 spiro atoms. The highest BCUT2D eigenvalue weighted by atomic mass is 16.4. The highest BCUT2D eigenvalue weighted by molar-refractivity contribution is 5.66. The molecular formula is C12H25NO2. The zero-order valence-corrected chi connectivity index (χ0v) is 9.93. The number of hydrogen-bond donors (Lipinski definition) is 2. The minimum Gasteiger partial charge on any atom is -0.481 e. The largest absolute Gasteiger partial charge is 0.481 e. The highest BCUT2D eigenvalue weighted by Crippen LogP contribution is 2.06. The van der Waals surface area contributed by atoms with E-state index >= 15 is 0 Å². The van der Waals surface area contributed by atoms with Crippen LogP contribution in [0.2, 0.25) is 0 Å². The minimum absolute atomic E-state index is 0.331. The molecule has 0 unspecified atom stereocenters. The van der Waals surface area contributed by atoms with Crippen LogP contribution in [0.5, 0.6) is 0 Å². The zero-order chi connectivity index (χ0) is 11.4. The van der Waals surface area contributed by atoms with E-state index in [1.807, 2.05) is 0 Å². The van der Waals surface area contributed by atoms with Crippen LogP contribution in [0.4, 0.5) is 0 Å². The van der Waals surface area contributed by atoms with Crippen LogP contribution in [-0.2, 0) is 4.79 Å². The number of carboxylic acids is 1. The number of carbonyl (C=O) groups is 1. The number of nitrogens with one attached hydrogen (secondary N) is 1. The lowest BCUT2D eigenvalue weighted by molar-refractivity contribution is -0.137.